The SMILES string of the molecule is N=c1c(N)c1Cc1ccccc1. The summed E-state index contributed by atoms with van der Waals surface area (Å²) in [4.78, 5) is 0. The maximum absolute atomic E-state index is 7.32. The predicted molar refractivity (Wildman–Crippen MR) is 48.3 cm³/mol. The van der Waals surface area contributed by atoms with Gasteiger partial charge in [-0.3, -0.25) is 5.41 Å². The van der Waals surface area contributed by atoms with E-state index in [1.54, 1.807) is 0 Å². The standard InChI is InChI=1S/C10H10N2/c11-9-8(10(9)12)6-7-4-2-1-3-5-7/h1-5,11H,6,12H2. The molecule has 0 saturated heterocycles. The van der Waals surface area contributed by atoms with Gasteiger partial charge in [-0.1, -0.05) is 30.3 Å². The van der Waals surface area contributed by atoms with Crippen LogP contribution in [0.25, 0.3) is 0 Å². The van der Waals surface area contributed by atoms with Crippen LogP contribution in [0.1, 0.15) is 11.1 Å². The maximum Gasteiger partial charge on any atom is 0.0829 e. The second-order valence-corrected chi connectivity index (χ2v) is 2.93. The van der Waals surface area contributed by atoms with Crippen molar-refractivity contribution in [2.75, 3.05) is 5.73 Å². The van der Waals surface area contributed by atoms with Gasteiger partial charge in [0, 0.05) is 12.0 Å². The molecule has 0 aliphatic carbocycles. The zero-order chi connectivity index (χ0) is 8.55. The summed E-state index contributed by atoms with van der Waals surface area (Å²) in [5.74, 6) is 0. The molecule has 0 spiro atoms. The molecule has 0 aliphatic heterocycles. The number of hydrogen-bond acceptors (Lipinski definition) is 2. The van der Waals surface area contributed by atoms with Crippen molar-refractivity contribution in [3.63, 3.8) is 0 Å². The van der Waals surface area contributed by atoms with Crippen molar-refractivity contribution >= 4 is 5.69 Å². The summed E-state index contributed by atoms with van der Waals surface area (Å²) in [7, 11) is 0. The minimum absolute atomic E-state index is 0.541. The van der Waals surface area contributed by atoms with Gasteiger partial charge in [-0.15, -0.1) is 0 Å². The molecule has 60 valence electrons. The Morgan fingerprint density at radius 3 is 2.25 bits per heavy atom. The van der Waals surface area contributed by atoms with Gasteiger partial charge in [0.25, 0.3) is 0 Å². The number of nitrogen functional groups attached to an aromatic ring is 1. The smallest absolute Gasteiger partial charge is 0.0829 e. The first-order chi connectivity index (χ1) is 5.79. The quantitative estimate of drug-likeness (QED) is 0.678. The van der Waals surface area contributed by atoms with Gasteiger partial charge < -0.3 is 5.73 Å². The molecule has 0 aliphatic rings. The summed E-state index contributed by atoms with van der Waals surface area (Å²) in [6.07, 6.45) is 0.811. The summed E-state index contributed by atoms with van der Waals surface area (Å²) in [6, 6.07) is 10.1. The Bertz CT molecular complexity index is 394. The van der Waals surface area contributed by atoms with Gasteiger partial charge in [0.15, 0.2) is 0 Å². The van der Waals surface area contributed by atoms with E-state index in [4.69, 9.17) is 11.1 Å². The number of rotatable bonds is 2. The van der Waals surface area contributed by atoms with Crippen LogP contribution >= 0.6 is 0 Å². The molecular formula is C10H10N2. The molecule has 0 aromatic heterocycles. The van der Waals surface area contributed by atoms with Crippen LogP contribution in [0.2, 0.25) is 0 Å². The highest BCUT2D eigenvalue weighted by molar-refractivity contribution is 5.60. The Labute approximate surface area is 70.8 Å². The van der Waals surface area contributed by atoms with Gasteiger partial charge in [-0.05, 0) is 5.56 Å². The summed E-state index contributed by atoms with van der Waals surface area (Å²) in [5, 5.41) is 7.87. The normalized spacial score (nSPS) is 10.7. The molecule has 2 rings (SSSR count). The van der Waals surface area contributed by atoms with Crippen molar-refractivity contribution < 1.29 is 0 Å². The van der Waals surface area contributed by atoms with Crippen molar-refractivity contribution in [2.45, 2.75) is 6.42 Å². The predicted octanol–water partition coefficient (Wildman–Crippen LogP) is 1.21. The number of benzene rings is 1. The lowest BCUT2D eigenvalue weighted by Gasteiger charge is -1.92. The second-order valence-electron chi connectivity index (χ2n) is 2.93. The molecule has 2 aromatic carbocycles. The molecule has 0 bridgehead atoms. The Kier molecular flexibility index (Phi) is 1.47. The van der Waals surface area contributed by atoms with Gasteiger partial charge in [0.05, 0.1) is 11.0 Å². The van der Waals surface area contributed by atoms with Crippen molar-refractivity contribution in [2.24, 2.45) is 0 Å². The van der Waals surface area contributed by atoms with E-state index in [-0.39, 0.29) is 0 Å². The molecule has 3 N–H and O–H groups in total. The van der Waals surface area contributed by atoms with Crippen LogP contribution in [0.15, 0.2) is 30.3 Å². The van der Waals surface area contributed by atoms with Crippen molar-refractivity contribution in [3.05, 3.63) is 46.8 Å². The van der Waals surface area contributed by atoms with Crippen molar-refractivity contribution in [1.82, 2.24) is 0 Å². The largest absolute Gasteiger partial charge is 0.397 e. The third-order valence-corrected chi connectivity index (χ3v) is 2.06. The molecule has 2 aromatic rings. The Morgan fingerprint density at radius 2 is 1.75 bits per heavy atom. The molecule has 12 heavy (non-hydrogen) atoms. The summed E-state index contributed by atoms with van der Waals surface area (Å²) >= 11 is 0. The average molecular weight is 158 g/mol. The van der Waals surface area contributed by atoms with E-state index < -0.39 is 0 Å². The highest BCUT2D eigenvalue weighted by Gasteiger charge is 2.14. The lowest BCUT2D eigenvalue weighted by molar-refractivity contribution is 1.21. The molecule has 0 fully saturated rings. The molecule has 0 unspecified atom stereocenters. The van der Waals surface area contributed by atoms with Crippen LogP contribution in [-0.2, 0) is 6.42 Å². The average Bonchev–Trinajstić information content (AvgIpc) is 2.65. The molecule has 2 heteroatoms. The molecule has 0 atom stereocenters. The van der Waals surface area contributed by atoms with Crippen LogP contribution < -0.4 is 11.1 Å². The minimum Gasteiger partial charge on any atom is -0.397 e. The number of nitrogens with two attached hydrogens (primary N) is 1. The van der Waals surface area contributed by atoms with E-state index in [9.17, 15) is 0 Å². The molecule has 0 amide bonds. The van der Waals surface area contributed by atoms with Crippen molar-refractivity contribution in [3.8, 4) is 0 Å². The van der Waals surface area contributed by atoms with Crippen LogP contribution in [0.3, 0.4) is 0 Å². The highest BCUT2D eigenvalue weighted by atomic mass is 14.7. The van der Waals surface area contributed by atoms with Gasteiger partial charge in [-0.25, -0.2) is 0 Å². The summed E-state index contributed by atoms with van der Waals surface area (Å²) in [5.41, 5.74) is 8.41. The van der Waals surface area contributed by atoms with E-state index in [2.05, 4.69) is 0 Å². The summed E-state index contributed by atoms with van der Waals surface area (Å²) in [6.45, 7) is 0. The van der Waals surface area contributed by atoms with Crippen LogP contribution in [0.5, 0.6) is 0 Å². The van der Waals surface area contributed by atoms with Crippen LogP contribution in [0.4, 0.5) is 5.69 Å². The minimum atomic E-state index is 0.541. The van der Waals surface area contributed by atoms with Crippen LogP contribution in [-0.4, -0.2) is 0 Å². The highest BCUT2D eigenvalue weighted by Crippen LogP contribution is 2.15. The van der Waals surface area contributed by atoms with Crippen LogP contribution in [0, 0.1) is 5.41 Å². The number of anilines is 1. The van der Waals surface area contributed by atoms with E-state index in [1.807, 2.05) is 30.3 Å². The number of nitrogens with one attached hydrogen (secondary N) is 1. The third kappa shape index (κ3) is 1.11. The van der Waals surface area contributed by atoms with E-state index in [0.717, 1.165) is 12.0 Å². The van der Waals surface area contributed by atoms with Gasteiger partial charge in [0.1, 0.15) is 0 Å². The maximum atomic E-state index is 7.32. The Balaban J connectivity index is 2.16. The fourth-order valence-corrected chi connectivity index (χ4v) is 1.23. The van der Waals surface area contributed by atoms with Gasteiger partial charge in [0.2, 0.25) is 0 Å². The van der Waals surface area contributed by atoms with E-state index in [0.29, 0.717) is 11.0 Å². The second kappa shape index (κ2) is 2.48. The molecule has 0 radical (unpaired) electrons. The molecular weight excluding hydrogens is 148 g/mol. The van der Waals surface area contributed by atoms with E-state index in [1.165, 1.54) is 5.56 Å². The van der Waals surface area contributed by atoms with Gasteiger partial charge >= 0.3 is 0 Å². The zero-order valence-electron chi connectivity index (χ0n) is 6.67. The Hall–Kier alpha value is -1.57. The third-order valence-electron chi connectivity index (χ3n) is 2.06. The monoisotopic (exact) mass is 158 g/mol. The molecule has 2 nitrogen and oxygen atoms in total. The lowest BCUT2D eigenvalue weighted by atomic mass is 10.1. The topological polar surface area (TPSA) is 49.9 Å². The fourth-order valence-electron chi connectivity index (χ4n) is 1.23. The lowest BCUT2D eigenvalue weighted by Crippen LogP contribution is -1.85. The first kappa shape index (κ1) is 7.10. The van der Waals surface area contributed by atoms with Crippen molar-refractivity contribution in [1.29, 1.82) is 5.41 Å². The fraction of sp³-hybridized carbons (Fsp3) is 0.100. The first-order valence-corrected chi connectivity index (χ1v) is 3.91. The zero-order valence-corrected chi connectivity index (χ0v) is 6.67. The Morgan fingerprint density at radius 1 is 1.17 bits per heavy atom. The molecule has 0 heterocycles. The first-order valence-electron chi connectivity index (χ1n) is 3.91. The van der Waals surface area contributed by atoms with Gasteiger partial charge in [-0.2, -0.15) is 0 Å². The molecule has 0 saturated carbocycles. The van der Waals surface area contributed by atoms with E-state index >= 15 is 0 Å². The number of hydrogen-bond donors (Lipinski definition) is 2. The summed E-state index contributed by atoms with van der Waals surface area (Å²) < 4.78 is 0.